The van der Waals surface area contributed by atoms with Crippen molar-refractivity contribution in [1.82, 2.24) is 4.72 Å². The molecule has 0 saturated heterocycles. The second-order valence-electron chi connectivity index (χ2n) is 5.05. The van der Waals surface area contributed by atoms with Crippen LogP contribution in [-0.2, 0) is 10.0 Å². The van der Waals surface area contributed by atoms with E-state index in [0.717, 1.165) is 20.4 Å². The number of sulfonamides is 1. The van der Waals surface area contributed by atoms with E-state index in [9.17, 15) is 13.2 Å². The standard InChI is InChI=1S/C17H11Cl2NO3S3/c18-11-6-7-13(14(19)10-11)17(21)20-26(22,23)16-9-8-15(25-16)24-12-4-2-1-3-5-12/h1-10H,(H,20,21). The van der Waals surface area contributed by atoms with E-state index < -0.39 is 15.9 Å². The predicted octanol–water partition coefficient (Wildman–Crippen LogP) is 5.32. The van der Waals surface area contributed by atoms with Crippen molar-refractivity contribution in [3.05, 3.63) is 76.3 Å². The zero-order valence-corrected chi connectivity index (χ0v) is 16.9. The molecule has 0 aliphatic heterocycles. The molecule has 1 N–H and O–H groups in total. The van der Waals surface area contributed by atoms with E-state index in [1.54, 1.807) is 6.07 Å². The first-order valence-corrected chi connectivity index (χ1v) is 11.1. The van der Waals surface area contributed by atoms with Crippen molar-refractivity contribution < 1.29 is 13.2 Å². The van der Waals surface area contributed by atoms with Crippen molar-refractivity contribution in [2.75, 3.05) is 0 Å². The number of carbonyl (C=O) groups is 1. The molecule has 1 amide bonds. The van der Waals surface area contributed by atoms with Crippen LogP contribution < -0.4 is 4.72 Å². The predicted molar refractivity (Wildman–Crippen MR) is 106 cm³/mol. The number of rotatable bonds is 5. The van der Waals surface area contributed by atoms with E-state index in [0.29, 0.717) is 5.02 Å². The van der Waals surface area contributed by atoms with E-state index in [-0.39, 0.29) is 14.8 Å². The molecule has 26 heavy (non-hydrogen) atoms. The largest absolute Gasteiger partial charge is 0.273 e. The average molecular weight is 444 g/mol. The number of thiophene rings is 1. The molecule has 0 aliphatic rings. The summed E-state index contributed by atoms with van der Waals surface area (Å²) in [5.41, 5.74) is 0.0371. The van der Waals surface area contributed by atoms with Crippen molar-refractivity contribution >= 4 is 62.2 Å². The van der Waals surface area contributed by atoms with Gasteiger partial charge < -0.3 is 0 Å². The second kappa shape index (κ2) is 8.02. The molecule has 4 nitrogen and oxygen atoms in total. The summed E-state index contributed by atoms with van der Waals surface area (Å²) in [6.45, 7) is 0. The van der Waals surface area contributed by atoms with Gasteiger partial charge in [-0.3, -0.25) is 4.79 Å². The fraction of sp³-hybridized carbons (Fsp3) is 0. The number of hydrogen-bond donors (Lipinski definition) is 1. The molecule has 0 bridgehead atoms. The van der Waals surface area contributed by atoms with Crippen molar-refractivity contribution in [3.8, 4) is 0 Å². The maximum atomic E-state index is 12.5. The third-order valence-electron chi connectivity index (χ3n) is 3.19. The van der Waals surface area contributed by atoms with Gasteiger partial charge in [0.1, 0.15) is 4.21 Å². The van der Waals surface area contributed by atoms with Gasteiger partial charge in [0.05, 0.1) is 14.8 Å². The van der Waals surface area contributed by atoms with Crippen LogP contribution in [0.4, 0.5) is 0 Å². The molecule has 0 spiro atoms. The molecular weight excluding hydrogens is 433 g/mol. The van der Waals surface area contributed by atoms with Crippen LogP contribution in [0.5, 0.6) is 0 Å². The Kier molecular flexibility index (Phi) is 5.94. The first-order chi connectivity index (χ1) is 12.3. The Morgan fingerprint density at radius 2 is 1.73 bits per heavy atom. The molecule has 1 heterocycles. The van der Waals surface area contributed by atoms with Gasteiger partial charge in [0.15, 0.2) is 0 Å². The summed E-state index contributed by atoms with van der Waals surface area (Å²) >= 11 is 14.3. The van der Waals surface area contributed by atoms with Crippen molar-refractivity contribution in [2.24, 2.45) is 0 Å². The smallest absolute Gasteiger partial charge is 0.268 e. The SMILES string of the molecule is O=C(NS(=O)(=O)c1ccc(Sc2ccccc2)s1)c1ccc(Cl)cc1Cl. The Bertz CT molecular complexity index is 1050. The summed E-state index contributed by atoms with van der Waals surface area (Å²) in [7, 11) is -3.99. The fourth-order valence-corrected chi connectivity index (χ4v) is 6.05. The van der Waals surface area contributed by atoms with Crippen molar-refractivity contribution in [1.29, 1.82) is 0 Å². The minimum absolute atomic E-state index is 0.0371. The topological polar surface area (TPSA) is 63.2 Å². The third-order valence-corrected chi connectivity index (χ3v) is 7.78. The Balaban J connectivity index is 1.77. The molecule has 0 radical (unpaired) electrons. The number of hydrogen-bond acceptors (Lipinski definition) is 5. The molecule has 3 rings (SSSR count). The fourth-order valence-electron chi connectivity index (χ4n) is 2.01. The minimum Gasteiger partial charge on any atom is -0.268 e. The molecule has 0 unspecified atom stereocenters. The Morgan fingerprint density at radius 3 is 2.42 bits per heavy atom. The summed E-state index contributed by atoms with van der Waals surface area (Å²) < 4.78 is 27.8. The normalized spacial score (nSPS) is 11.3. The van der Waals surface area contributed by atoms with Gasteiger partial charge in [-0.05, 0) is 42.5 Å². The lowest BCUT2D eigenvalue weighted by atomic mass is 10.2. The lowest BCUT2D eigenvalue weighted by Gasteiger charge is -2.06. The van der Waals surface area contributed by atoms with E-state index >= 15 is 0 Å². The number of benzene rings is 2. The highest BCUT2D eigenvalue weighted by atomic mass is 35.5. The lowest BCUT2D eigenvalue weighted by Crippen LogP contribution is -2.30. The Labute approximate surface area is 169 Å². The van der Waals surface area contributed by atoms with Gasteiger partial charge in [0, 0.05) is 9.92 Å². The van der Waals surface area contributed by atoms with Gasteiger partial charge in [-0.25, -0.2) is 13.1 Å². The van der Waals surface area contributed by atoms with Crippen LogP contribution in [-0.4, -0.2) is 14.3 Å². The van der Waals surface area contributed by atoms with Crippen molar-refractivity contribution in [2.45, 2.75) is 13.3 Å². The molecule has 0 atom stereocenters. The maximum Gasteiger partial charge on any atom is 0.273 e. The van der Waals surface area contributed by atoms with Gasteiger partial charge in [-0.2, -0.15) is 0 Å². The Hall–Kier alpha value is -1.51. The minimum atomic E-state index is -3.99. The van der Waals surface area contributed by atoms with Crippen LogP contribution in [0.1, 0.15) is 10.4 Å². The average Bonchev–Trinajstić information content (AvgIpc) is 3.04. The highest BCUT2D eigenvalue weighted by molar-refractivity contribution is 8.01. The summed E-state index contributed by atoms with van der Waals surface area (Å²) in [6, 6.07) is 17.0. The highest BCUT2D eigenvalue weighted by Gasteiger charge is 2.22. The maximum absolute atomic E-state index is 12.5. The van der Waals surface area contributed by atoms with E-state index in [4.69, 9.17) is 23.2 Å². The molecule has 1 aromatic heterocycles. The number of amides is 1. The van der Waals surface area contributed by atoms with E-state index in [1.807, 2.05) is 35.1 Å². The Morgan fingerprint density at radius 1 is 1.00 bits per heavy atom. The van der Waals surface area contributed by atoms with Crippen LogP contribution in [0.25, 0.3) is 0 Å². The number of carbonyl (C=O) groups excluding carboxylic acids is 1. The van der Waals surface area contributed by atoms with Gasteiger partial charge in [-0.1, -0.05) is 53.2 Å². The van der Waals surface area contributed by atoms with Gasteiger partial charge in [0.2, 0.25) is 0 Å². The third kappa shape index (κ3) is 4.61. The zero-order chi connectivity index (χ0) is 18.7. The first-order valence-electron chi connectivity index (χ1n) is 7.20. The quantitative estimate of drug-likeness (QED) is 0.578. The van der Waals surface area contributed by atoms with Crippen LogP contribution >= 0.6 is 46.3 Å². The zero-order valence-electron chi connectivity index (χ0n) is 13.0. The molecule has 9 heteroatoms. The van der Waals surface area contributed by atoms with Gasteiger partial charge >= 0.3 is 0 Å². The summed E-state index contributed by atoms with van der Waals surface area (Å²) in [5.74, 6) is -0.808. The second-order valence-corrected chi connectivity index (χ2v) is 10.3. The molecule has 0 aliphatic carbocycles. The number of nitrogens with one attached hydrogen (secondary N) is 1. The monoisotopic (exact) mass is 443 g/mol. The lowest BCUT2D eigenvalue weighted by molar-refractivity contribution is 0.0981. The molecule has 0 fully saturated rings. The molecule has 134 valence electrons. The van der Waals surface area contributed by atoms with Crippen LogP contribution in [0, 0.1) is 0 Å². The van der Waals surface area contributed by atoms with Gasteiger partial charge in [-0.15, -0.1) is 11.3 Å². The molecule has 0 saturated carbocycles. The summed E-state index contributed by atoms with van der Waals surface area (Å²) in [4.78, 5) is 13.2. The van der Waals surface area contributed by atoms with Crippen LogP contribution in [0.2, 0.25) is 10.0 Å². The number of halogens is 2. The highest BCUT2D eigenvalue weighted by Crippen LogP contribution is 2.35. The van der Waals surface area contributed by atoms with Crippen LogP contribution in [0.3, 0.4) is 0 Å². The summed E-state index contributed by atoms with van der Waals surface area (Å²) in [5, 5.41) is 0.437. The van der Waals surface area contributed by atoms with Crippen molar-refractivity contribution in [3.63, 3.8) is 0 Å². The van der Waals surface area contributed by atoms with E-state index in [2.05, 4.69) is 0 Å². The van der Waals surface area contributed by atoms with Crippen LogP contribution in [0.15, 0.2) is 74.0 Å². The van der Waals surface area contributed by atoms with Gasteiger partial charge in [0.25, 0.3) is 15.9 Å². The molecular formula is C17H11Cl2NO3S3. The first kappa shape index (κ1) is 19.3. The molecule has 2 aromatic carbocycles. The summed E-state index contributed by atoms with van der Waals surface area (Å²) in [6.07, 6.45) is 0. The van der Waals surface area contributed by atoms with E-state index in [1.165, 1.54) is 36.0 Å². The molecule has 3 aromatic rings.